The van der Waals surface area contributed by atoms with Crippen LogP contribution < -0.4 is 10.4 Å². The highest BCUT2D eigenvalue weighted by atomic mass is 35.5. The van der Waals surface area contributed by atoms with E-state index in [-0.39, 0.29) is 11.5 Å². The molecule has 0 radical (unpaired) electrons. The molecule has 0 unspecified atom stereocenters. The Kier molecular flexibility index (Phi) is 5.62. The van der Waals surface area contributed by atoms with Gasteiger partial charge in [0, 0.05) is 30.2 Å². The Labute approximate surface area is 173 Å². The number of carboxylic acid groups (broad SMARTS) is 1. The number of fused-ring (bicyclic) bond motifs is 1. The minimum Gasteiger partial charge on any atom is -0.505 e. The Bertz CT molecular complexity index is 939. The largest absolute Gasteiger partial charge is 0.505 e. The maximum absolute atomic E-state index is 11.7. The molecule has 29 heavy (non-hydrogen) atoms. The molecule has 2 aromatic rings. The molecule has 0 saturated carbocycles. The molecule has 0 aromatic heterocycles. The van der Waals surface area contributed by atoms with E-state index >= 15 is 0 Å². The van der Waals surface area contributed by atoms with Gasteiger partial charge in [0.1, 0.15) is 0 Å². The van der Waals surface area contributed by atoms with Gasteiger partial charge in [-0.25, -0.2) is 4.79 Å². The van der Waals surface area contributed by atoms with Gasteiger partial charge in [-0.3, -0.25) is 15.3 Å². The summed E-state index contributed by atoms with van der Waals surface area (Å²) in [5.74, 6) is -1.48. The molecule has 4 rings (SSSR count). The predicted molar refractivity (Wildman–Crippen MR) is 110 cm³/mol. The summed E-state index contributed by atoms with van der Waals surface area (Å²) >= 11 is 5.96. The number of nitrogens with zero attached hydrogens (tertiary/aromatic N) is 2. The van der Waals surface area contributed by atoms with E-state index in [4.69, 9.17) is 16.3 Å². The smallest absolute Gasteiger partial charge is 0.357 e. The topological polar surface area (TPSA) is 85.3 Å². The molecule has 1 fully saturated rings. The standard InChI is InChI=1S/C21H22ClN3O4/c22-16-4-1-14(2-5-16)13-25-18-6-3-15(12-24-7-9-29-10-8-24)11-17(18)20(26)19(23-25)21(27)28/h1-6,11,23,26H,7-10,12-13H2,(H,27,28). The number of nitrogens with one attached hydrogen (secondary N) is 1. The molecule has 0 atom stereocenters. The first-order valence-corrected chi connectivity index (χ1v) is 9.77. The van der Waals surface area contributed by atoms with Crippen molar-refractivity contribution in [3.8, 4) is 0 Å². The molecule has 3 N–H and O–H groups in total. The number of aliphatic carboxylic acids is 1. The van der Waals surface area contributed by atoms with Crippen LogP contribution in [0.4, 0.5) is 5.69 Å². The Balaban J connectivity index is 1.65. The van der Waals surface area contributed by atoms with Gasteiger partial charge in [-0.1, -0.05) is 29.8 Å². The lowest BCUT2D eigenvalue weighted by atomic mass is 10.0. The molecule has 2 aliphatic rings. The van der Waals surface area contributed by atoms with Crippen molar-refractivity contribution in [1.82, 2.24) is 10.3 Å². The summed E-state index contributed by atoms with van der Waals surface area (Å²) < 4.78 is 5.39. The van der Waals surface area contributed by atoms with Crippen LogP contribution in [-0.2, 0) is 22.6 Å². The van der Waals surface area contributed by atoms with Gasteiger partial charge in [0.25, 0.3) is 0 Å². The van der Waals surface area contributed by atoms with Gasteiger partial charge in [0.15, 0.2) is 11.5 Å². The number of rotatable bonds is 5. The van der Waals surface area contributed by atoms with Crippen molar-refractivity contribution in [2.24, 2.45) is 0 Å². The maximum Gasteiger partial charge on any atom is 0.357 e. The van der Waals surface area contributed by atoms with Gasteiger partial charge < -0.3 is 14.9 Å². The third-order valence-electron chi connectivity index (χ3n) is 5.07. The molecular formula is C21H22ClN3O4. The summed E-state index contributed by atoms with van der Waals surface area (Å²) in [4.78, 5) is 13.9. The fraction of sp³-hybridized carbons (Fsp3) is 0.286. The normalized spacial score (nSPS) is 17.1. The second-order valence-electron chi connectivity index (χ2n) is 7.09. The number of hydrogen-bond donors (Lipinski definition) is 3. The lowest BCUT2D eigenvalue weighted by Gasteiger charge is -2.33. The summed E-state index contributed by atoms with van der Waals surface area (Å²) in [5.41, 5.74) is 5.77. The Morgan fingerprint density at radius 1 is 1.07 bits per heavy atom. The molecule has 2 aromatic carbocycles. The van der Waals surface area contributed by atoms with Crippen LogP contribution in [-0.4, -0.2) is 47.4 Å². The predicted octanol–water partition coefficient (Wildman–Crippen LogP) is 3.01. The van der Waals surface area contributed by atoms with Crippen LogP contribution in [0, 0.1) is 0 Å². The highest BCUT2D eigenvalue weighted by Gasteiger charge is 2.28. The number of hydrogen-bond acceptors (Lipinski definition) is 6. The van der Waals surface area contributed by atoms with Gasteiger partial charge >= 0.3 is 5.97 Å². The summed E-state index contributed by atoms with van der Waals surface area (Å²) in [7, 11) is 0. The van der Waals surface area contributed by atoms with Crippen molar-refractivity contribution in [1.29, 1.82) is 0 Å². The van der Waals surface area contributed by atoms with Crippen LogP contribution in [0.5, 0.6) is 0 Å². The number of carboxylic acids is 1. The van der Waals surface area contributed by atoms with Crippen LogP contribution in [0.15, 0.2) is 48.2 Å². The Morgan fingerprint density at radius 2 is 1.76 bits per heavy atom. The number of anilines is 1. The minimum atomic E-state index is -1.21. The van der Waals surface area contributed by atoms with E-state index < -0.39 is 5.97 Å². The molecule has 0 aliphatic carbocycles. The Morgan fingerprint density at radius 3 is 2.45 bits per heavy atom. The zero-order chi connectivity index (χ0) is 20.4. The molecule has 152 valence electrons. The number of carbonyl (C=O) groups is 1. The van der Waals surface area contributed by atoms with Crippen molar-refractivity contribution in [2.45, 2.75) is 13.1 Å². The lowest BCUT2D eigenvalue weighted by molar-refractivity contribution is -0.133. The van der Waals surface area contributed by atoms with E-state index in [1.165, 1.54) is 0 Å². The number of halogens is 1. The summed E-state index contributed by atoms with van der Waals surface area (Å²) in [5, 5.41) is 22.5. The zero-order valence-corrected chi connectivity index (χ0v) is 16.5. The second kappa shape index (κ2) is 8.32. The maximum atomic E-state index is 11.7. The van der Waals surface area contributed by atoms with E-state index in [1.54, 1.807) is 17.1 Å². The minimum absolute atomic E-state index is 0.241. The van der Waals surface area contributed by atoms with Crippen LogP contribution in [0.2, 0.25) is 5.02 Å². The monoisotopic (exact) mass is 415 g/mol. The van der Waals surface area contributed by atoms with E-state index in [0.717, 1.165) is 30.8 Å². The first-order valence-electron chi connectivity index (χ1n) is 9.40. The lowest BCUT2D eigenvalue weighted by Crippen LogP contribution is -2.43. The van der Waals surface area contributed by atoms with Gasteiger partial charge in [0.2, 0.25) is 0 Å². The van der Waals surface area contributed by atoms with Gasteiger partial charge in [-0.15, -0.1) is 0 Å². The average Bonchev–Trinajstić information content (AvgIpc) is 2.72. The first kappa shape index (κ1) is 19.6. The second-order valence-corrected chi connectivity index (χ2v) is 7.53. The van der Waals surface area contributed by atoms with E-state index in [1.807, 2.05) is 30.3 Å². The molecule has 2 aliphatic heterocycles. The van der Waals surface area contributed by atoms with Crippen molar-refractivity contribution in [3.63, 3.8) is 0 Å². The van der Waals surface area contributed by atoms with Crippen LogP contribution in [0.3, 0.4) is 0 Å². The van der Waals surface area contributed by atoms with Crippen molar-refractivity contribution < 1.29 is 19.7 Å². The van der Waals surface area contributed by atoms with Crippen molar-refractivity contribution in [3.05, 3.63) is 69.9 Å². The Hall–Kier alpha value is -2.74. The van der Waals surface area contributed by atoms with Crippen LogP contribution in [0.25, 0.3) is 5.76 Å². The van der Waals surface area contributed by atoms with Crippen LogP contribution in [0.1, 0.15) is 16.7 Å². The number of morpholine rings is 1. The molecule has 7 nitrogen and oxygen atoms in total. The quantitative estimate of drug-likeness (QED) is 0.692. The van der Waals surface area contributed by atoms with Gasteiger partial charge in [0.05, 0.1) is 25.4 Å². The molecule has 1 saturated heterocycles. The summed E-state index contributed by atoms with van der Waals surface area (Å²) in [6, 6.07) is 13.1. The van der Waals surface area contributed by atoms with Gasteiger partial charge in [-0.05, 0) is 35.4 Å². The van der Waals surface area contributed by atoms with Crippen molar-refractivity contribution in [2.75, 3.05) is 31.3 Å². The molecular weight excluding hydrogens is 394 g/mol. The summed E-state index contributed by atoms with van der Waals surface area (Å²) in [6.45, 7) is 4.25. The zero-order valence-electron chi connectivity index (χ0n) is 15.8. The molecule has 0 spiro atoms. The fourth-order valence-electron chi connectivity index (χ4n) is 3.55. The third-order valence-corrected chi connectivity index (χ3v) is 5.32. The van der Waals surface area contributed by atoms with Gasteiger partial charge in [-0.2, -0.15) is 0 Å². The number of aliphatic hydroxyl groups excluding tert-OH is 1. The summed E-state index contributed by atoms with van der Waals surface area (Å²) in [6.07, 6.45) is 0. The molecule has 0 amide bonds. The molecule has 0 bridgehead atoms. The van der Waals surface area contributed by atoms with Crippen LogP contribution >= 0.6 is 11.6 Å². The van der Waals surface area contributed by atoms with Crippen molar-refractivity contribution >= 4 is 29.0 Å². The SMILES string of the molecule is O=C(O)C1=C(O)c2cc(CN3CCOCC3)ccc2N(Cc2ccc(Cl)cc2)N1. The number of benzene rings is 2. The highest BCUT2D eigenvalue weighted by molar-refractivity contribution is 6.30. The number of ether oxygens (including phenoxy) is 1. The third kappa shape index (κ3) is 4.32. The highest BCUT2D eigenvalue weighted by Crippen LogP contribution is 2.33. The number of aliphatic hydroxyl groups is 1. The first-order chi connectivity index (χ1) is 14.0. The average molecular weight is 416 g/mol. The fourth-order valence-corrected chi connectivity index (χ4v) is 3.68. The number of hydrazine groups is 1. The molecule has 2 heterocycles. The van der Waals surface area contributed by atoms with E-state index in [9.17, 15) is 15.0 Å². The van der Waals surface area contributed by atoms with E-state index in [0.29, 0.717) is 36.0 Å². The molecule has 8 heteroatoms. The van der Waals surface area contributed by atoms with E-state index in [2.05, 4.69) is 10.3 Å².